The lowest BCUT2D eigenvalue weighted by Gasteiger charge is -2.31. The summed E-state index contributed by atoms with van der Waals surface area (Å²) in [6.07, 6.45) is 1.12. The monoisotopic (exact) mass is 337 g/mol. The molecule has 2 aromatic carbocycles. The van der Waals surface area contributed by atoms with Crippen LogP contribution in [0.25, 0.3) is 0 Å². The highest BCUT2D eigenvalue weighted by Gasteiger charge is 2.26. The Balaban J connectivity index is 1.60. The molecule has 4 nitrogen and oxygen atoms in total. The van der Waals surface area contributed by atoms with Gasteiger partial charge in [0.1, 0.15) is 5.60 Å². The van der Waals surface area contributed by atoms with Gasteiger partial charge in [0.15, 0.2) is 5.96 Å². The molecule has 132 valence electrons. The third-order valence-electron chi connectivity index (χ3n) is 4.76. The molecule has 3 rings (SSSR count). The Morgan fingerprint density at radius 3 is 2.56 bits per heavy atom. The van der Waals surface area contributed by atoms with Gasteiger partial charge in [0.05, 0.1) is 6.54 Å². The van der Waals surface area contributed by atoms with Gasteiger partial charge in [-0.2, -0.15) is 0 Å². The van der Waals surface area contributed by atoms with Crippen LogP contribution < -0.4 is 10.6 Å². The molecule has 3 N–H and O–H groups in total. The van der Waals surface area contributed by atoms with Crippen molar-refractivity contribution in [2.75, 3.05) is 19.6 Å². The third kappa shape index (κ3) is 4.20. The first-order chi connectivity index (χ1) is 12.1. The molecule has 0 aromatic heterocycles. The van der Waals surface area contributed by atoms with Crippen LogP contribution in [0.3, 0.4) is 0 Å². The average molecular weight is 337 g/mol. The van der Waals surface area contributed by atoms with Crippen molar-refractivity contribution in [1.82, 2.24) is 10.6 Å². The second-order valence-electron chi connectivity index (χ2n) is 6.82. The zero-order chi connectivity index (χ0) is 17.7. The number of fused-ring (bicyclic) bond motifs is 1. The predicted molar refractivity (Wildman–Crippen MR) is 103 cm³/mol. The van der Waals surface area contributed by atoms with Crippen LogP contribution in [0.1, 0.15) is 36.5 Å². The number of guanidine groups is 1. The first-order valence-electron chi connectivity index (χ1n) is 8.98. The third-order valence-corrected chi connectivity index (χ3v) is 4.76. The van der Waals surface area contributed by atoms with Crippen molar-refractivity contribution in [2.45, 2.75) is 31.8 Å². The molecule has 2 aromatic rings. The Labute approximate surface area is 150 Å². The fourth-order valence-corrected chi connectivity index (χ4v) is 3.23. The van der Waals surface area contributed by atoms with Gasteiger partial charge in [0.25, 0.3) is 0 Å². The number of rotatable bonds is 6. The van der Waals surface area contributed by atoms with E-state index in [1.165, 1.54) is 11.1 Å². The molecule has 0 saturated heterocycles. The van der Waals surface area contributed by atoms with Crippen molar-refractivity contribution in [3.63, 3.8) is 0 Å². The number of aliphatic hydroxyl groups is 1. The topological polar surface area (TPSA) is 56.7 Å². The highest BCUT2D eigenvalue weighted by Crippen LogP contribution is 2.33. The zero-order valence-electron chi connectivity index (χ0n) is 15.0. The second kappa shape index (κ2) is 7.70. The SMILES string of the molecule is CCNC(=NCC(C)(O)c1ccccc1)NCC1Cc2ccccc21. The van der Waals surface area contributed by atoms with Crippen LogP contribution in [0, 0.1) is 0 Å². The van der Waals surface area contributed by atoms with E-state index < -0.39 is 5.60 Å². The fraction of sp³-hybridized carbons (Fsp3) is 0.381. The molecular formula is C21H27N3O. The van der Waals surface area contributed by atoms with E-state index in [0.717, 1.165) is 31.0 Å². The predicted octanol–water partition coefficient (Wildman–Crippen LogP) is 2.79. The maximum Gasteiger partial charge on any atom is 0.191 e. The van der Waals surface area contributed by atoms with Gasteiger partial charge in [-0.3, -0.25) is 0 Å². The van der Waals surface area contributed by atoms with Crippen molar-refractivity contribution in [3.8, 4) is 0 Å². The molecule has 0 spiro atoms. The van der Waals surface area contributed by atoms with E-state index in [4.69, 9.17) is 0 Å². The van der Waals surface area contributed by atoms with Crippen LogP contribution in [0.15, 0.2) is 59.6 Å². The zero-order valence-corrected chi connectivity index (χ0v) is 15.0. The highest BCUT2D eigenvalue weighted by atomic mass is 16.3. The Morgan fingerprint density at radius 2 is 1.84 bits per heavy atom. The van der Waals surface area contributed by atoms with E-state index in [9.17, 15) is 5.11 Å². The van der Waals surface area contributed by atoms with E-state index >= 15 is 0 Å². The maximum atomic E-state index is 10.7. The summed E-state index contributed by atoms with van der Waals surface area (Å²) in [5, 5.41) is 17.4. The molecule has 0 saturated carbocycles. The molecule has 1 aliphatic carbocycles. The lowest BCUT2D eigenvalue weighted by molar-refractivity contribution is 0.0672. The molecule has 0 bridgehead atoms. The number of nitrogens with one attached hydrogen (secondary N) is 2. The first-order valence-corrected chi connectivity index (χ1v) is 8.98. The first kappa shape index (κ1) is 17.5. The van der Waals surface area contributed by atoms with Crippen molar-refractivity contribution in [3.05, 3.63) is 71.3 Å². The summed E-state index contributed by atoms with van der Waals surface area (Å²) in [6.45, 7) is 5.81. The lowest BCUT2D eigenvalue weighted by atomic mass is 9.78. The Hall–Kier alpha value is -2.33. The van der Waals surface area contributed by atoms with Gasteiger partial charge >= 0.3 is 0 Å². The number of hydrogen-bond donors (Lipinski definition) is 3. The fourth-order valence-electron chi connectivity index (χ4n) is 3.23. The number of aliphatic imine (C=N–C) groups is 1. The maximum absolute atomic E-state index is 10.7. The minimum Gasteiger partial charge on any atom is -0.384 e. The smallest absolute Gasteiger partial charge is 0.191 e. The molecule has 1 aliphatic rings. The number of benzene rings is 2. The summed E-state index contributed by atoms with van der Waals surface area (Å²) in [5.41, 5.74) is 2.78. The summed E-state index contributed by atoms with van der Waals surface area (Å²) in [6, 6.07) is 18.3. The van der Waals surface area contributed by atoms with E-state index in [2.05, 4.69) is 39.9 Å². The van der Waals surface area contributed by atoms with Crippen LogP contribution in [-0.4, -0.2) is 30.7 Å². The molecule has 25 heavy (non-hydrogen) atoms. The molecule has 4 heteroatoms. The van der Waals surface area contributed by atoms with Crippen molar-refractivity contribution >= 4 is 5.96 Å². The van der Waals surface area contributed by atoms with E-state index in [0.29, 0.717) is 12.5 Å². The summed E-state index contributed by atoms with van der Waals surface area (Å²) in [5.74, 6) is 1.29. The Morgan fingerprint density at radius 1 is 1.12 bits per heavy atom. The molecule has 0 aliphatic heterocycles. The van der Waals surface area contributed by atoms with Crippen LogP contribution >= 0.6 is 0 Å². The molecule has 0 heterocycles. The van der Waals surface area contributed by atoms with E-state index in [1.807, 2.05) is 37.3 Å². The Bertz CT molecular complexity index is 725. The van der Waals surface area contributed by atoms with Crippen LogP contribution in [0.4, 0.5) is 0 Å². The van der Waals surface area contributed by atoms with Gasteiger partial charge in [-0.25, -0.2) is 4.99 Å². The summed E-state index contributed by atoms with van der Waals surface area (Å²) in [7, 11) is 0. The normalized spacial score (nSPS) is 18.7. The molecule has 0 radical (unpaired) electrons. The van der Waals surface area contributed by atoms with Gasteiger partial charge in [0, 0.05) is 19.0 Å². The van der Waals surface area contributed by atoms with Crippen molar-refractivity contribution < 1.29 is 5.11 Å². The van der Waals surface area contributed by atoms with Crippen LogP contribution in [-0.2, 0) is 12.0 Å². The quantitative estimate of drug-likeness (QED) is 0.561. The van der Waals surface area contributed by atoms with Crippen molar-refractivity contribution in [1.29, 1.82) is 0 Å². The van der Waals surface area contributed by atoms with Crippen molar-refractivity contribution in [2.24, 2.45) is 4.99 Å². The van der Waals surface area contributed by atoms with E-state index in [1.54, 1.807) is 6.92 Å². The minimum atomic E-state index is -0.979. The van der Waals surface area contributed by atoms with Gasteiger partial charge in [-0.1, -0.05) is 54.6 Å². The van der Waals surface area contributed by atoms with Gasteiger partial charge in [0.2, 0.25) is 0 Å². The molecule has 0 fully saturated rings. The molecule has 2 unspecified atom stereocenters. The minimum absolute atomic E-state index is 0.313. The standard InChI is InChI=1S/C21H27N3O/c1-3-22-20(23-14-17-13-16-9-7-8-12-19(16)17)24-15-21(2,25)18-10-5-4-6-11-18/h4-12,17,25H,3,13-15H2,1-2H3,(H2,22,23,24). The summed E-state index contributed by atoms with van der Waals surface area (Å²) < 4.78 is 0. The van der Waals surface area contributed by atoms with Crippen LogP contribution in [0.2, 0.25) is 0 Å². The van der Waals surface area contributed by atoms with Gasteiger partial charge in [-0.05, 0) is 37.0 Å². The van der Waals surface area contributed by atoms with Crippen LogP contribution in [0.5, 0.6) is 0 Å². The Kier molecular flexibility index (Phi) is 5.39. The van der Waals surface area contributed by atoms with E-state index in [-0.39, 0.29) is 0 Å². The summed E-state index contributed by atoms with van der Waals surface area (Å²) >= 11 is 0. The van der Waals surface area contributed by atoms with Gasteiger partial charge < -0.3 is 15.7 Å². The average Bonchev–Trinajstić information content (AvgIpc) is 2.61. The summed E-state index contributed by atoms with van der Waals surface area (Å²) in [4.78, 5) is 4.59. The largest absolute Gasteiger partial charge is 0.384 e. The second-order valence-corrected chi connectivity index (χ2v) is 6.82. The molecule has 0 amide bonds. The molecule has 2 atom stereocenters. The molecular weight excluding hydrogens is 310 g/mol. The highest BCUT2D eigenvalue weighted by molar-refractivity contribution is 5.80. The number of nitrogens with zero attached hydrogens (tertiary/aromatic N) is 1. The lowest BCUT2D eigenvalue weighted by Crippen LogP contribution is -2.42. The van der Waals surface area contributed by atoms with Gasteiger partial charge in [-0.15, -0.1) is 0 Å². The number of hydrogen-bond acceptors (Lipinski definition) is 2.